The molecule has 1 atom stereocenters. The van der Waals surface area contributed by atoms with Crippen LogP contribution in [0.1, 0.15) is 23.3 Å². The molecule has 1 aromatic heterocycles. The van der Waals surface area contributed by atoms with Gasteiger partial charge in [0.15, 0.2) is 11.5 Å². The monoisotopic (exact) mass is 285 g/mol. The molecule has 0 spiro atoms. The Morgan fingerprint density at radius 2 is 2.05 bits per heavy atom. The molecule has 1 rings (SSSR count). The third kappa shape index (κ3) is 4.19. The molecule has 1 amide bonds. The normalized spacial score (nSPS) is 11.7. The number of carboxylic acids is 2. The summed E-state index contributed by atoms with van der Waals surface area (Å²) in [6.45, 7) is 0. The molecule has 1 unspecified atom stereocenters. The number of rotatable bonds is 6. The number of nitrogen functional groups attached to an aromatic ring is 1. The van der Waals surface area contributed by atoms with E-state index in [9.17, 15) is 18.8 Å². The molecule has 1 heterocycles. The molecule has 0 saturated heterocycles. The molecular formula is C11H12FN3O5. The maximum Gasteiger partial charge on any atom is 0.326 e. The first kappa shape index (κ1) is 15.3. The third-order valence-electron chi connectivity index (χ3n) is 2.33. The average molecular weight is 285 g/mol. The number of nitrogens with zero attached hydrogens (tertiary/aromatic N) is 1. The van der Waals surface area contributed by atoms with E-state index in [0.717, 1.165) is 12.3 Å². The van der Waals surface area contributed by atoms with Crippen LogP contribution in [-0.2, 0) is 9.59 Å². The van der Waals surface area contributed by atoms with E-state index in [1.54, 1.807) is 0 Å². The second-order valence-corrected chi connectivity index (χ2v) is 3.90. The number of hydrogen-bond acceptors (Lipinski definition) is 5. The number of amides is 1. The van der Waals surface area contributed by atoms with Crippen molar-refractivity contribution in [1.29, 1.82) is 0 Å². The quantitative estimate of drug-likeness (QED) is 0.569. The SMILES string of the molecule is Nc1cnc(C(=O)NC(CCC(=O)O)C(=O)O)c(F)c1. The first-order valence-corrected chi connectivity index (χ1v) is 5.47. The van der Waals surface area contributed by atoms with E-state index in [-0.39, 0.29) is 12.1 Å². The number of carbonyl (C=O) groups is 3. The number of anilines is 1. The van der Waals surface area contributed by atoms with Gasteiger partial charge in [-0.2, -0.15) is 0 Å². The summed E-state index contributed by atoms with van der Waals surface area (Å²) < 4.78 is 13.4. The van der Waals surface area contributed by atoms with Gasteiger partial charge in [0.25, 0.3) is 5.91 Å². The highest BCUT2D eigenvalue weighted by atomic mass is 19.1. The lowest BCUT2D eigenvalue weighted by Crippen LogP contribution is -2.41. The molecule has 0 aliphatic heterocycles. The molecular weight excluding hydrogens is 273 g/mol. The van der Waals surface area contributed by atoms with E-state index in [2.05, 4.69) is 4.98 Å². The first-order valence-electron chi connectivity index (χ1n) is 5.47. The largest absolute Gasteiger partial charge is 0.481 e. The third-order valence-corrected chi connectivity index (χ3v) is 2.33. The molecule has 8 nitrogen and oxygen atoms in total. The van der Waals surface area contributed by atoms with Gasteiger partial charge in [0, 0.05) is 12.5 Å². The highest BCUT2D eigenvalue weighted by Gasteiger charge is 2.23. The van der Waals surface area contributed by atoms with Crippen LogP contribution in [0.5, 0.6) is 0 Å². The smallest absolute Gasteiger partial charge is 0.326 e. The summed E-state index contributed by atoms with van der Waals surface area (Å²) >= 11 is 0. The number of carbonyl (C=O) groups excluding carboxylic acids is 1. The van der Waals surface area contributed by atoms with Crippen molar-refractivity contribution >= 4 is 23.5 Å². The number of pyridine rings is 1. The van der Waals surface area contributed by atoms with Gasteiger partial charge in [-0.1, -0.05) is 0 Å². The predicted octanol–water partition coefficient (Wildman–Crippen LogP) is -0.149. The van der Waals surface area contributed by atoms with Crippen molar-refractivity contribution in [1.82, 2.24) is 10.3 Å². The van der Waals surface area contributed by atoms with Crippen LogP contribution in [0, 0.1) is 5.82 Å². The molecule has 0 aliphatic carbocycles. The van der Waals surface area contributed by atoms with Crippen LogP contribution in [0.3, 0.4) is 0 Å². The molecule has 0 aliphatic rings. The number of carboxylic acid groups (broad SMARTS) is 2. The average Bonchev–Trinajstić information content (AvgIpc) is 2.33. The van der Waals surface area contributed by atoms with E-state index >= 15 is 0 Å². The Kier molecular flexibility index (Phi) is 4.95. The van der Waals surface area contributed by atoms with Crippen molar-refractivity contribution in [2.45, 2.75) is 18.9 Å². The van der Waals surface area contributed by atoms with Gasteiger partial charge in [-0.15, -0.1) is 0 Å². The molecule has 20 heavy (non-hydrogen) atoms. The van der Waals surface area contributed by atoms with E-state index in [4.69, 9.17) is 15.9 Å². The van der Waals surface area contributed by atoms with Crippen LogP contribution in [-0.4, -0.2) is 39.1 Å². The van der Waals surface area contributed by atoms with Crippen LogP contribution in [0.25, 0.3) is 0 Å². The van der Waals surface area contributed by atoms with Crippen molar-refractivity contribution in [2.24, 2.45) is 0 Å². The highest BCUT2D eigenvalue weighted by Crippen LogP contribution is 2.09. The second kappa shape index (κ2) is 6.45. The lowest BCUT2D eigenvalue weighted by molar-refractivity contribution is -0.140. The standard InChI is InChI=1S/C11H12FN3O5/c12-6-3-5(13)4-14-9(6)10(18)15-7(11(19)20)1-2-8(16)17/h3-4,7H,1-2,13H2,(H,15,18)(H,16,17)(H,19,20). The Morgan fingerprint density at radius 3 is 2.55 bits per heavy atom. The fraction of sp³-hybridized carbons (Fsp3) is 0.273. The molecule has 0 radical (unpaired) electrons. The van der Waals surface area contributed by atoms with E-state index < -0.39 is 41.8 Å². The van der Waals surface area contributed by atoms with Crippen LogP contribution < -0.4 is 11.1 Å². The van der Waals surface area contributed by atoms with Crippen LogP contribution in [0.2, 0.25) is 0 Å². The van der Waals surface area contributed by atoms with Gasteiger partial charge in [0.05, 0.1) is 11.9 Å². The van der Waals surface area contributed by atoms with Crippen LogP contribution >= 0.6 is 0 Å². The molecule has 0 fully saturated rings. The summed E-state index contributed by atoms with van der Waals surface area (Å²) in [7, 11) is 0. The van der Waals surface area contributed by atoms with Gasteiger partial charge in [-0.05, 0) is 6.42 Å². The zero-order chi connectivity index (χ0) is 15.3. The highest BCUT2D eigenvalue weighted by molar-refractivity contribution is 5.95. The minimum absolute atomic E-state index is 0.0136. The van der Waals surface area contributed by atoms with E-state index in [1.165, 1.54) is 0 Å². The van der Waals surface area contributed by atoms with Crippen LogP contribution in [0.15, 0.2) is 12.3 Å². The fourth-order valence-corrected chi connectivity index (χ4v) is 1.37. The van der Waals surface area contributed by atoms with Crippen molar-refractivity contribution in [3.05, 3.63) is 23.8 Å². The van der Waals surface area contributed by atoms with Crippen molar-refractivity contribution in [2.75, 3.05) is 5.73 Å². The molecule has 0 saturated carbocycles. The zero-order valence-electron chi connectivity index (χ0n) is 10.2. The summed E-state index contributed by atoms with van der Waals surface area (Å²) in [4.78, 5) is 36.4. The second-order valence-electron chi connectivity index (χ2n) is 3.90. The van der Waals surface area contributed by atoms with Gasteiger partial charge >= 0.3 is 11.9 Å². The van der Waals surface area contributed by atoms with Gasteiger partial charge in [-0.25, -0.2) is 14.2 Å². The van der Waals surface area contributed by atoms with Gasteiger partial charge < -0.3 is 21.3 Å². The minimum atomic E-state index is -1.45. The predicted molar refractivity (Wildman–Crippen MR) is 64.4 cm³/mol. The number of aliphatic carboxylic acids is 2. The molecule has 108 valence electrons. The zero-order valence-corrected chi connectivity index (χ0v) is 10.2. The molecule has 0 bridgehead atoms. The summed E-state index contributed by atoms with van der Waals surface area (Å²) in [5.41, 5.74) is 4.67. The molecule has 0 aromatic carbocycles. The first-order chi connectivity index (χ1) is 9.31. The Hall–Kier alpha value is -2.71. The summed E-state index contributed by atoms with van der Waals surface area (Å²) in [5.74, 6) is -4.68. The maximum atomic E-state index is 13.4. The topological polar surface area (TPSA) is 143 Å². The summed E-state index contributed by atoms with van der Waals surface area (Å²) in [5, 5.41) is 19.3. The van der Waals surface area contributed by atoms with Gasteiger partial charge in [-0.3, -0.25) is 9.59 Å². The van der Waals surface area contributed by atoms with Gasteiger partial charge in [0.2, 0.25) is 0 Å². The lowest BCUT2D eigenvalue weighted by atomic mass is 10.1. The van der Waals surface area contributed by atoms with E-state index in [0.29, 0.717) is 0 Å². The number of hydrogen-bond donors (Lipinski definition) is 4. The Labute approximate surface area is 112 Å². The Bertz CT molecular complexity index is 549. The van der Waals surface area contributed by atoms with E-state index in [1.807, 2.05) is 5.32 Å². The number of halogens is 1. The molecule has 9 heteroatoms. The summed E-state index contributed by atoms with van der Waals surface area (Å²) in [6.07, 6.45) is 0.271. The Morgan fingerprint density at radius 1 is 1.40 bits per heavy atom. The number of nitrogens with one attached hydrogen (secondary N) is 1. The maximum absolute atomic E-state index is 13.4. The van der Waals surface area contributed by atoms with Gasteiger partial charge in [0.1, 0.15) is 6.04 Å². The Balaban J connectivity index is 2.80. The van der Waals surface area contributed by atoms with Crippen LogP contribution in [0.4, 0.5) is 10.1 Å². The van der Waals surface area contributed by atoms with Crippen molar-refractivity contribution in [3.8, 4) is 0 Å². The summed E-state index contributed by atoms with van der Waals surface area (Å²) in [6, 6.07) is -0.577. The fourth-order valence-electron chi connectivity index (χ4n) is 1.37. The van der Waals surface area contributed by atoms with Crippen molar-refractivity contribution in [3.63, 3.8) is 0 Å². The number of nitrogens with two attached hydrogens (primary N) is 1. The van der Waals surface area contributed by atoms with Crippen molar-refractivity contribution < 1.29 is 29.0 Å². The number of aromatic nitrogens is 1. The molecule has 5 N–H and O–H groups in total. The lowest BCUT2D eigenvalue weighted by Gasteiger charge is -2.13. The molecule has 1 aromatic rings. The minimum Gasteiger partial charge on any atom is -0.481 e.